The largest absolute Gasteiger partial charge is 0.396 e. The summed E-state index contributed by atoms with van der Waals surface area (Å²) in [6.07, 6.45) is 0.916. The van der Waals surface area contributed by atoms with E-state index in [-0.39, 0.29) is 12.2 Å². The summed E-state index contributed by atoms with van der Waals surface area (Å²) >= 11 is 1.40. The van der Waals surface area contributed by atoms with Crippen LogP contribution >= 0.6 is 11.8 Å². The molecule has 6 heteroatoms. The van der Waals surface area contributed by atoms with Crippen LogP contribution in [0.15, 0.2) is 34.2 Å². The van der Waals surface area contributed by atoms with Crippen molar-refractivity contribution in [1.29, 1.82) is 5.26 Å². The van der Waals surface area contributed by atoms with Crippen LogP contribution in [0.1, 0.15) is 12.8 Å². The first-order chi connectivity index (χ1) is 9.77. The average molecular weight is 289 g/mol. The molecule has 0 saturated heterocycles. The Balaban J connectivity index is 2.46. The first-order valence-electron chi connectivity index (χ1n) is 6.38. The number of nitrogens with zero attached hydrogens (tertiary/aromatic N) is 3. The summed E-state index contributed by atoms with van der Waals surface area (Å²) in [5.74, 6) is 0.598. The zero-order chi connectivity index (χ0) is 14.4. The van der Waals surface area contributed by atoms with Crippen molar-refractivity contribution >= 4 is 22.7 Å². The molecule has 0 aliphatic rings. The van der Waals surface area contributed by atoms with Gasteiger partial charge in [-0.05, 0) is 18.6 Å². The molecule has 0 spiro atoms. The Morgan fingerprint density at radius 3 is 2.95 bits per heavy atom. The van der Waals surface area contributed by atoms with Crippen molar-refractivity contribution in [2.75, 3.05) is 12.4 Å². The van der Waals surface area contributed by atoms with Crippen LogP contribution in [0.25, 0.3) is 10.9 Å². The second kappa shape index (κ2) is 7.08. The van der Waals surface area contributed by atoms with Crippen LogP contribution in [0, 0.1) is 11.3 Å². The van der Waals surface area contributed by atoms with E-state index >= 15 is 0 Å². The van der Waals surface area contributed by atoms with Crippen molar-refractivity contribution in [2.24, 2.45) is 0 Å². The molecule has 0 bridgehead atoms. The number of aromatic nitrogens is 2. The molecule has 2 aromatic rings. The van der Waals surface area contributed by atoms with E-state index in [1.165, 1.54) is 11.8 Å². The summed E-state index contributed by atoms with van der Waals surface area (Å²) in [6.45, 7) is 0.462. The summed E-state index contributed by atoms with van der Waals surface area (Å²) in [5.41, 5.74) is 0.570. The van der Waals surface area contributed by atoms with Gasteiger partial charge in [-0.25, -0.2) is 4.98 Å². The number of benzene rings is 1. The molecule has 20 heavy (non-hydrogen) atoms. The van der Waals surface area contributed by atoms with Gasteiger partial charge in [0.2, 0.25) is 0 Å². The average Bonchev–Trinajstić information content (AvgIpc) is 2.47. The monoisotopic (exact) mass is 289 g/mol. The Bertz CT molecular complexity index is 691. The molecular formula is C14H15N3O2S. The molecule has 1 heterocycles. The fourth-order valence-electron chi connectivity index (χ4n) is 1.87. The number of para-hydroxylation sites is 1. The minimum absolute atomic E-state index is 0.0293. The number of hydrogen-bond acceptors (Lipinski definition) is 5. The predicted octanol–water partition coefficient (Wildman–Crippen LogP) is 1.78. The molecule has 1 aromatic carbocycles. The smallest absolute Gasteiger partial charge is 0.262 e. The van der Waals surface area contributed by atoms with Crippen molar-refractivity contribution in [3.8, 4) is 6.07 Å². The number of rotatable bonds is 6. The number of aliphatic hydroxyl groups excluding tert-OH is 1. The van der Waals surface area contributed by atoms with Gasteiger partial charge in [0, 0.05) is 25.3 Å². The van der Waals surface area contributed by atoms with E-state index in [4.69, 9.17) is 10.4 Å². The number of thioether (sulfide) groups is 1. The second-order valence-electron chi connectivity index (χ2n) is 4.20. The van der Waals surface area contributed by atoms with Crippen LogP contribution < -0.4 is 5.56 Å². The Morgan fingerprint density at radius 1 is 1.40 bits per heavy atom. The second-order valence-corrected chi connectivity index (χ2v) is 5.26. The molecule has 1 N–H and O–H groups in total. The molecule has 0 amide bonds. The van der Waals surface area contributed by atoms with Gasteiger partial charge in [-0.3, -0.25) is 9.36 Å². The molecule has 0 atom stereocenters. The minimum atomic E-state index is -0.0940. The van der Waals surface area contributed by atoms with Crippen LogP contribution in [0.2, 0.25) is 0 Å². The van der Waals surface area contributed by atoms with Crippen molar-refractivity contribution < 1.29 is 5.11 Å². The van der Waals surface area contributed by atoms with E-state index in [1.807, 2.05) is 18.2 Å². The number of nitriles is 1. The van der Waals surface area contributed by atoms with Crippen LogP contribution in [0.3, 0.4) is 0 Å². The normalized spacial score (nSPS) is 10.6. The Morgan fingerprint density at radius 2 is 2.20 bits per heavy atom. The Kier molecular flexibility index (Phi) is 5.16. The third-order valence-corrected chi connectivity index (χ3v) is 3.79. The predicted molar refractivity (Wildman–Crippen MR) is 78.7 cm³/mol. The van der Waals surface area contributed by atoms with E-state index in [1.54, 1.807) is 10.6 Å². The maximum absolute atomic E-state index is 12.5. The van der Waals surface area contributed by atoms with Gasteiger partial charge in [0.05, 0.1) is 17.0 Å². The van der Waals surface area contributed by atoms with Crippen LogP contribution in [-0.2, 0) is 6.54 Å². The highest BCUT2D eigenvalue weighted by atomic mass is 32.2. The van der Waals surface area contributed by atoms with Crippen LogP contribution in [0.4, 0.5) is 0 Å². The van der Waals surface area contributed by atoms with Crippen molar-refractivity contribution in [2.45, 2.75) is 24.5 Å². The van der Waals surface area contributed by atoms with E-state index in [2.05, 4.69) is 11.1 Å². The lowest BCUT2D eigenvalue weighted by atomic mass is 10.2. The molecule has 0 saturated carbocycles. The van der Waals surface area contributed by atoms with Gasteiger partial charge in [0.1, 0.15) is 0 Å². The quantitative estimate of drug-likeness (QED) is 0.498. The molecule has 0 unspecified atom stereocenters. The SMILES string of the molecule is N#CCCSc1nc2ccccc2c(=O)n1CCCO. The number of aliphatic hydroxyl groups is 1. The molecule has 0 aliphatic heterocycles. The first-order valence-corrected chi connectivity index (χ1v) is 7.36. The lowest BCUT2D eigenvalue weighted by Crippen LogP contribution is -2.24. The van der Waals surface area contributed by atoms with Gasteiger partial charge in [-0.2, -0.15) is 5.26 Å². The standard InChI is InChI=1S/C14H15N3O2S/c15-7-3-10-20-14-16-12-6-2-1-5-11(12)13(19)17(14)8-4-9-18/h1-2,5-6,18H,3-4,8-10H2. The van der Waals surface area contributed by atoms with E-state index in [0.717, 1.165) is 0 Å². The lowest BCUT2D eigenvalue weighted by molar-refractivity contribution is 0.276. The van der Waals surface area contributed by atoms with Gasteiger partial charge in [-0.1, -0.05) is 23.9 Å². The molecule has 2 rings (SSSR count). The van der Waals surface area contributed by atoms with Crippen molar-refractivity contribution in [3.63, 3.8) is 0 Å². The van der Waals surface area contributed by atoms with Gasteiger partial charge in [-0.15, -0.1) is 0 Å². The topological polar surface area (TPSA) is 78.9 Å². The highest BCUT2D eigenvalue weighted by Gasteiger charge is 2.10. The third kappa shape index (κ3) is 3.18. The van der Waals surface area contributed by atoms with Gasteiger partial charge >= 0.3 is 0 Å². The highest BCUT2D eigenvalue weighted by Crippen LogP contribution is 2.18. The maximum atomic E-state index is 12.5. The number of hydrogen-bond donors (Lipinski definition) is 1. The fourth-order valence-corrected chi connectivity index (χ4v) is 2.74. The van der Waals surface area contributed by atoms with Crippen molar-refractivity contribution in [3.05, 3.63) is 34.6 Å². The van der Waals surface area contributed by atoms with Crippen molar-refractivity contribution in [1.82, 2.24) is 9.55 Å². The van der Waals surface area contributed by atoms with E-state index in [9.17, 15) is 4.79 Å². The minimum Gasteiger partial charge on any atom is -0.396 e. The Hall–Kier alpha value is -1.84. The zero-order valence-electron chi connectivity index (χ0n) is 11.0. The summed E-state index contributed by atoms with van der Waals surface area (Å²) in [6, 6.07) is 9.29. The summed E-state index contributed by atoms with van der Waals surface area (Å²) < 4.78 is 1.58. The molecule has 0 aliphatic carbocycles. The van der Waals surface area contributed by atoms with Gasteiger partial charge < -0.3 is 5.11 Å². The maximum Gasteiger partial charge on any atom is 0.262 e. The third-order valence-electron chi connectivity index (χ3n) is 2.81. The zero-order valence-corrected chi connectivity index (χ0v) is 11.8. The lowest BCUT2D eigenvalue weighted by Gasteiger charge is -2.11. The molecular weight excluding hydrogens is 274 g/mol. The highest BCUT2D eigenvalue weighted by molar-refractivity contribution is 7.99. The molecule has 104 valence electrons. The molecule has 1 aromatic heterocycles. The fraction of sp³-hybridized carbons (Fsp3) is 0.357. The van der Waals surface area contributed by atoms with Gasteiger partial charge in [0.15, 0.2) is 5.16 Å². The molecule has 5 nitrogen and oxygen atoms in total. The summed E-state index contributed by atoms with van der Waals surface area (Å²) in [4.78, 5) is 16.9. The van der Waals surface area contributed by atoms with Crippen LogP contribution in [-0.4, -0.2) is 27.0 Å². The number of fused-ring (bicyclic) bond motifs is 1. The van der Waals surface area contributed by atoms with Gasteiger partial charge in [0.25, 0.3) is 5.56 Å². The summed E-state index contributed by atoms with van der Waals surface area (Å²) in [5, 5.41) is 18.7. The van der Waals surface area contributed by atoms with Crippen LogP contribution in [0.5, 0.6) is 0 Å². The molecule has 0 fully saturated rings. The summed E-state index contributed by atoms with van der Waals surface area (Å²) in [7, 11) is 0. The Labute approximate surface area is 120 Å². The van der Waals surface area contributed by atoms with E-state index < -0.39 is 0 Å². The van der Waals surface area contributed by atoms with E-state index in [0.29, 0.717) is 41.2 Å². The molecule has 0 radical (unpaired) electrons. The first kappa shape index (κ1) is 14.6.